The molecule has 1 aliphatic rings. The van der Waals surface area contributed by atoms with Crippen molar-refractivity contribution >= 4 is 11.6 Å². The maximum atomic E-state index is 6.65. The summed E-state index contributed by atoms with van der Waals surface area (Å²) in [5.41, 5.74) is 2.33. The van der Waals surface area contributed by atoms with Gasteiger partial charge in [0.05, 0.1) is 19.3 Å². The molecule has 0 saturated heterocycles. The van der Waals surface area contributed by atoms with Crippen molar-refractivity contribution in [3.05, 3.63) is 46.2 Å². The normalized spacial score (nSPS) is 16.9. The minimum Gasteiger partial charge on any atom is -0.500 e. The lowest BCUT2D eigenvalue weighted by atomic mass is 9.92. The zero-order chi connectivity index (χ0) is 18.1. The van der Waals surface area contributed by atoms with Crippen LogP contribution in [0.25, 0.3) is 0 Å². The Bertz CT molecular complexity index is 533. The maximum Gasteiger partial charge on any atom is 0.134 e. The molecule has 0 spiro atoms. The number of allylic oxidation sites excluding steroid dienone is 4. The average Bonchev–Trinajstić information content (AvgIpc) is 2.68. The fourth-order valence-corrected chi connectivity index (χ4v) is 3.09. The Labute approximate surface area is 151 Å². The van der Waals surface area contributed by atoms with Gasteiger partial charge in [-0.3, -0.25) is 0 Å². The molecule has 1 atom stereocenters. The molecular weight excluding hydrogens is 324 g/mol. The first-order chi connectivity index (χ1) is 11.4. The van der Waals surface area contributed by atoms with Crippen LogP contribution in [-0.4, -0.2) is 39.8 Å². The zero-order valence-corrected chi connectivity index (χ0v) is 16.5. The molecule has 0 aromatic heterocycles. The van der Waals surface area contributed by atoms with E-state index < -0.39 is 0 Å². The molecule has 0 radical (unpaired) electrons. The van der Waals surface area contributed by atoms with Crippen LogP contribution in [0.1, 0.15) is 33.1 Å². The van der Waals surface area contributed by atoms with Gasteiger partial charge in [-0.15, -0.1) is 0 Å². The van der Waals surface area contributed by atoms with E-state index in [0.29, 0.717) is 17.4 Å². The third kappa shape index (κ3) is 5.82. The fraction of sp³-hybridized carbons (Fsp3) is 0.579. The van der Waals surface area contributed by atoms with E-state index in [0.717, 1.165) is 36.5 Å². The second-order valence-corrected chi connectivity index (χ2v) is 6.60. The van der Waals surface area contributed by atoms with Gasteiger partial charge in [-0.2, -0.15) is 0 Å². The Morgan fingerprint density at radius 1 is 1.29 bits per heavy atom. The van der Waals surface area contributed by atoms with Gasteiger partial charge in [-0.25, -0.2) is 0 Å². The van der Waals surface area contributed by atoms with E-state index in [2.05, 4.69) is 19.2 Å². The maximum absolute atomic E-state index is 6.65. The lowest BCUT2D eigenvalue weighted by Gasteiger charge is -2.19. The van der Waals surface area contributed by atoms with Crippen LogP contribution < -0.4 is 5.32 Å². The third-order valence-electron chi connectivity index (χ3n) is 3.98. The van der Waals surface area contributed by atoms with Crippen molar-refractivity contribution in [2.45, 2.75) is 33.1 Å². The zero-order valence-electron chi connectivity index (χ0n) is 15.8. The van der Waals surface area contributed by atoms with Gasteiger partial charge < -0.3 is 19.7 Å². The van der Waals surface area contributed by atoms with Crippen molar-refractivity contribution in [3.63, 3.8) is 0 Å². The van der Waals surface area contributed by atoms with Crippen LogP contribution in [0.4, 0.5) is 0 Å². The molecule has 1 aliphatic carbocycles. The minimum absolute atomic E-state index is 0.427. The summed E-state index contributed by atoms with van der Waals surface area (Å²) in [4.78, 5) is 2.00. The van der Waals surface area contributed by atoms with E-state index in [4.69, 9.17) is 21.1 Å². The Kier molecular flexibility index (Phi) is 8.83. The topological polar surface area (TPSA) is 33.7 Å². The van der Waals surface area contributed by atoms with Crippen LogP contribution in [-0.2, 0) is 9.47 Å². The first-order valence-corrected chi connectivity index (χ1v) is 8.78. The lowest BCUT2D eigenvalue weighted by molar-refractivity contribution is 0.276. The highest BCUT2D eigenvalue weighted by atomic mass is 35.5. The first kappa shape index (κ1) is 20.5. The monoisotopic (exact) mass is 354 g/mol. The van der Waals surface area contributed by atoms with Gasteiger partial charge in [-0.1, -0.05) is 25.4 Å². The molecule has 1 N–H and O–H groups in total. The quantitative estimate of drug-likeness (QED) is 0.666. The summed E-state index contributed by atoms with van der Waals surface area (Å²) in [6, 6.07) is 0. The summed E-state index contributed by atoms with van der Waals surface area (Å²) in [6.45, 7) is 5.23. The van der Waals surface area contributed by atoms with Gasteiger partial charge in [-0.05, 0) is 36.0 Å². The number of nitrogens with one attached hydrogen (secondary N) is 1. The molecule has 0 amide bonds. The van der Waals surface area contributed by atoms with Crippen molar-refractivity contribution in [3.8, 4) is 0 Å². The number of hydrogen-bond donors (Lipinski definition) is 1. The molecule has 0 saturated carbocycles. The fourth-order valence-electron chi connectivity index (χ4n) is 2.74. The predicted octanol–water partition coefficient (Wildman–Crippen LogP) is 4.37. The van der Waals surface area contributed by atoms with Crippen LogP contribution in [0.5, 0.6) is 0 Å². The molecule has 0 aromatic carbocycles. The summed E-state index contributed by atoms with van der Waals surface area (Å²) < 4.78 is 11.1. The Morgan fingerprint density at radius 3 is 2.54 bits per heavy atom. The van der Waals surface area contributed by atoms with E-state index in [1.54, 1.807) is 14.2 Å². The van der Waals surface area contributed by atoms with Crippen molar-refractivity contribution in [1.82, 2.24) is 10.2 Å². The standard InChI is InChI=1S/C19H31ClN2O2/c1-7-15-16(12-14(2)13-21-10-11-22(3)4)19(20)18(24-6)9-8-17(15)23-5/h9-11,14,21H,7-8,12-13H2,1-6H3/b11-10-. The second kappa shape index (κ2) is 10.3. The van der Waals surface area contributed by atoms with Crippen molar-refractivity contribution in [2.75, 3.05) is 34.9 Å². The summed E-state index contributed by atoms with van der Waals surface area (Å²) in [6.07, 6.45) is 8.43. The number of ether oxygens (including phenoxy) is 2. The Hall–Kier alpha value is -1.55. The van der Waals surface area contributed by atoms with Crippen LogP contribution in [0, 0.1) is 5.92 Å². The second-order valence-electron chi connectivity index (χ2n) is 6.23. The average molecular weight is 355 g/mol. The molecule has 0 bridgehead atoms. The smallest absolute Gasteiger partial charge is 0.134 e. The Morgan fingerprint density at radius 2 is 2.00 bits per heavy atom. The molecule has 24 heavy (non-hydrogen) atoms. The van der Waals surface area contributed by atoms with E-state index in [9.17, 15) is 0 Å². The summed E-state index contributed by atoms with van der Waals surface area (Å²) in [5, 5.41) is 4.04. The summed E-state index contributed by atoms with van der Waals surface area (Å²) in [5.74, 6) is 2.14. The molecule has 4 nitrogen and oxygen atoms in total. The van der Waals surface area contributed by atoms with Crippen LogP contribution in [0.3, 0.4) is 0 Å². The molecule has 0 aliphatic heterocycles. The number of rotatable bonds is 9. The minimum atomic E-state index is 0.427. The van der Waals surface area contributed by atoms with Gasteiger partial charge in [0.25, 0.3) is 0 Å². The van der Waals surface area contributed by atoms with Gasteiger partial charge in [0.15, 0.2) is 0 Å². The van der Waals surface area contributed by atoms with Crippen molar-refractivity contribution < 1.29 is 9.47 Å². The van der Waals surface area contributed by atoms with Crippen LogP contribution in [0.15, 0.2) is 46.2 Å². The molecule has 5 heteroatoms. The largest absolute Gasteiger partial charge is 0.500 e. The van der Waals surface area contributed by atoms with Crippen LogP contribution in [0.2, 0.25) is 0 Å². The highest BCUT2D eigenvalue weighted by Gasteiger charge is 2.22. The summed E-state index contributed by atoms with van der Waals surface area (Å²) >= 11 is 6.65. The third-order valence-corrected chi connectivity index (χ3v) is 4.40. The lowest BCUT2D eigenvalue weighted by Crippen LogP contribution is -2.18. The molecular formula is C19H31ClN2O2. The highest BCUT2D eigenvalue weighted by molar-refractivity contribution is 6.32. The molecule has 1 rings (SSSR count). The molecule has 0 aromatic rings. The number of methoxy groups -OCH3 is 2. The van der Waals surface area contributed by atoms with Gasteiger partial charge in [0, 0.05) is 39.5 Å². The van der Waals surface area contributed by atoms with Crippen molar-refractivity contribution in [1.29, 1.82) is 0 Å². The van der Waals surface area contributed by atoms with Crippen LogP contribution >= 0.6 is 11.6 Å². The molecule has 136 valence electrons. The van der Waals surface area contributed by atoms with Gasteiger partial charge in [0.2, 0.25) is 0 Å². The number of hydrogen-bond acceptors (Lipinski definition) is 4. The van der Waals surface area contributed by atoms with E-state index in [1.807, 2.05) is 37.5 Å². The summed E-state index contributed by atoms with van der Waals surface area (Å²) in [7, 11) is 7.38. The number of nitrogens with zero attached hydrogens (tertiary/aromatic N) is 1. The van der Waals surface area contributed by atoms with E-state index in [1.165, 1.54) is 5.57 Å². The van der Waals surface area contributed by atoms with E-state index >= 15 is 0 Å². The molecule has 1 unspecified atom stereocenters. The molecule has 0 heterocycles. The van der Waals surface area contributed by atoms with E-state index in [-0.39, 0.29) is 0 Å². The Balaban J connectivity index is 2.95. The number of halogens is 1. The van der Waals surface area contributed by atoms with Gasteiger partial charge >= 0.3 is 0 Å². The van der Waals surface area contributed by atoms with Gasteiger partial charge in [0.1, 0.15) is 11.5 Å². The molecule has 0 fully saturated rings. The first-order valence-electron chi connectivity index (χ1n) is 8.40. The van der Waals surface area contributed by atoms with Crippen molar-refractivity contribution in [2.24, 2.45) is 5.92 Å². The predicted molar refractivity (Wildman–Crippen MR) is 102 cm³/mol. The highest BCUT2D eigenvalue weighted by Crippen LogP contribution is 2.37. The SMILES string of the molecule is CCC1=C(OC)CC=C(OC)C(Cl)=C1CC(C)CN/C=C\N(C)C.